The molecule has 0 radical (unpaired) electrons. The topological polar surface area (TPSA) is 58.1 Å². The summed E-state index contributed by atoms with van der Waals surface area (Å²) in [4.78, 5) is 21.1. The van der Waals surface area contributed by atoms with Crippen molar-refractivity contribution in [1.29, 1.82) is 0 Å². The summed E-state index contributed by atoms with van der Waals surface area (Å²) in [7, 11) is 1.78. The lowest BCUT2D eigenvalue weighted by Crippen LogP contribution is -2.41. The predicted molar refractivity (Wildman–Crippen MR) is 91.2 cm³/mol. The monoisotopic (exact) mass is 362 g/mol. The number of halogens is 1. The summed E-state index contributed by atoms with van der Waals surface area (Å²) in [5.41, 5.74) is 6.39. The fourth-order valence-corrected chi connectivity index (χ4v) is 2.70. The summed E-state index contributed by atoms with van der Waals surface area (Å²) in [6.45, 7) is 5.68. The first-order chi connectivity index (χ1) is 10.4. The Balaban J connectivity index is 2.27. The number of amides is 1. The van der Waals surface area contributed by atoms with E-state index in [1.54, 1.807) is 18.3 Å². The van der Waals surface area contributed by atoms with Crippen LogP contribution >= 0.6 is 15.9 Å². The molecule has 116 valence electrons. The minimum absolute atomic E-state index is 0.144. The van der Waals surface area contributed by atoms with E-state index in [0.29, 0.717) is 22.5 Å². The van der Waals surface area contributed by atoms with E-state index in [4.69, 9.17) is 0 Å². The van der Waals surface area contributed by atoms with Gasteiger partial charge in [-0.2, -0.15) is 0 Å². The minimum atomic E-state index is -0.144. The van der Waals surface area contributed by atoms with Crippen molar-refractivity contribution in [2.24, 2.45) is 0 Å². The molecule has 1 N–H and O–H groups in total. The Bertz CT molecular complexity index is 682. The number of carbonyl (C=O) groups excluding carboxylic acids is 1. The van der Waals surface area contributed by atoms with Crippen molar-refractivity contribution < 1.29 is 4.79 Å². The molecule has 0 aliphatic carbocycles. The number of hydrazine groups is 1. The van der Waals surface area contributed by atoms with Gasteiger partial charge in [0.05, 0.1) is 0 Å². The summed E-state index contributed by atoms with van der Waals surface area (Å²) < 4.78 is 0. The zero-order valence-electron chi connectivity index (χ0n) is 13.1. The molecule has 1 amide bonds. The van der Waals surface area contributed by atoms with Gasteiger partial charge >= 0.3 is 0 Å². The highest BCUT2D eigenvalue weighted by Crippen LogP contribution is 2.18. The number of rotatable bonds is 4. The maximum Gasteiger partial charge on any atom is 0.270 e. The van der Waals surface area contributed by atoms with Gasteiger partial charge in [0.1, 0.15) is 5.82 Å². The second-order valence-electron chi connectivity index (χ2n) is 5.17. The van der Waals surface area contributed by atoms with Crippen molar-refractivity contribution in [3.05, 3.63) is 52.5 Å². The van der Waals surface area contributed by atoms with Crippen molar-refractivity contribution in [2.45, 2.75) is 26.1 Å². The van der Waals surface area contributed by atoms with Crippen LogP contribution in [0, 0.1) is 20.8 Å². The molecule has 0 saturated carbocycles. The smallest absolute Gasteiger partial charge is 0.270 e. The van der Waals surface area contributed by atoms with E-state index in [9.17, 15) is 4.79 Å². The molecule has 1 aromatic heterocycles. The maximum atomic E-state index is 12.5. The molecule has 0 spiro atoms. The Morgan fingerprint density at radius 1 is 1.27 bits per heavy atom. The maximum absolute atomic E-state index is 12.5. The summed E-state index contributed by atoms with van der Waals surface area (Å²) in [6, 6.07) is 5.81. The van der Waals surface area contributed by atoms with Crippen LogP contribution in [0.15, 0.2) is 24.4 Å². The average Bonchev–Trinajstić information content (AvgIpc) is 2.46. The van der Waals surface area contributed by atoms with Gasteiger partial charge in [-0.05, 0) is 31.9 Å². The second kappa shape index (κ2) is 6.87. The number of hydrogen-bond acceptors (Lipinski definition) is 4. The van der Waals surface area contributed by atoms with Crippen molar-refractivity contribution in [3.8, 4) is 0 Å². The molecule has 22 heavy (non-hydrogen) atoms. The largest absolute Gasteiger partial charge is 0.271 e. The lowest BCUT2D eigenvalue weighted by molar-refractivity contribution is 0.0950. The van der Waals surface area contributed by atoms with Gasteiger partial charge in [0.25, 0.3) is 5.91 Å². The summed E-state index contributed by atoms with van der Waals surface area (Å²) in [5, 5.41) is 2.26. The number of nitrogens with one attached hydrogen (secondary N) is 1. The summed E-state index contributed by atoms with van der Waals surface area (Å²) >= 11 is 3.42. The van der Waals surface area contributed by atoms with E-state index in [1.165, 1.54) is 0 Å². The van der Waals surface area contributed by atoms with Crippen molar-refractivity contribution in [3.63, 3.8) is 0 Å². The molecule has 0 saturated heterocycles. The van der Waals surface area contributed by atoms with E-state index in [1.807, 2.05) is 39.0 Å². The average molecular weight is 363 g/mol. The molecule has 1 heterocycles. The van der Waals surface area contributed by atoms with E-state index >= 15 is 0 Å². The molecule has 0 unspecified atom stereocenters. The third kappa shape index (κ3) is 3.44. The van der Waals surface area contributed by atoms with Crippen molar-refractivity contribution in [1.82, 2.24) is 15.4 Å². The summed E-state index contributed by atoms with van der Waals surface area (Å²) in [6.07, 6.45) is 1.76. The van der Waals surface area contributed by atoms with Gasteiger partial charge in [-0.15, -0.1) is 0 Å². The molecule has 0 atom stereocenters. The van der Waals surface area contributed by atoms with Gasteiger partial charge in [0.2, 0.25) is 0 Å². The predicted octanol–water partition coefficient (Wildman–Crippen LogP) is 3.08. The Morgan fingerprint density at radius 3 is 2.50 bits per heavy atom. The second-order valence-corrected chi connectivity index (χ2v) is 5.73. The van der Waals surface area contributed by atoms with E-state index in [0.717, 1.165) is 16.7 Å². The number of hydrogen-bond donors (Lipinski definition) is 1. The quantitative estimate of drug-likeness (QED) is 0.670. The van der Waals surface area contributed by atoms with Crippen LogP contribution in [0.3, 0.4) is 0 Å². The highest BCUT2D eigenvalue weighted by molar-refractivity contribution is 9.08. The van der Waals surface area contributed by atoms with E-state index < -0.39 is 0 Å². The third-order valence-electron chi connectivity index (χ3n) is 3.40. The van der Waals surface area contributed by atoms with Gasteiger partial charge in [0.15, 0.2) is 5.82 Å². The third-order valence-corrected chi connectivity index (χ3v) is 4.01. The fraction of sp³-hybridized carbons (Fsp3) is 0.312. The van der Waals surface area contributed by atoms with Crippen LogP contribution in [-0.4, -0.2) is 22.9 Å². The van der Waals surface area contributed by atoms with Gasteiger partial charge in [-0.1, -0.05) is 34.1 Å². The Labute approximate surface area is 138 Å². The standard InChI is InChI=1S/C16H19BrN4O/c1-10-6-5-7-11(2)14(10)16(22)20-21(4)15-13(8-17)9-18-12(3)19-15/h5-7,9H,8H2,1-4H3,(H,20,22). The van der Waals surface area contributed by atoms with Gasteiger partial charge in [-0.3, -0.25) is 15.2 Å². The number of anilines is 1. The van der Waals surface area contributed by atoms with Crippen LogP contribution in [0.4, 0.5) is 5.82 Å². The first-order valence-electron chi connectivity index (χ1n) is 6.93. The number of alkyl halides is 1. The Kier molecular flexibility index (Phi) is 5.13. The van der Waals surface area contributed by atoms with Gasteiger partial charge in [0, 0.05) is 29.7 Å². The molecule has 0 bridgehead atoms. The first kappa shape index (κ1) is 16.4. The number of benzene rings is 1. The van der Waals surface area contributed by atoms with Crippen LogP contribution in [0.2, 0.25) is 0 Å². The Morgan fingerprint density at radius 2 is 1.91 bits per heavy atom. The highest BCUT2D eigenvalue weighted by Gasteiger charge is 2.16. The number of nitrogens with zero attached hydrogens (tertiary/aromatic N) is 3. The van der Waals surface area contributed by atoms with Crippen LogP contribution in [0.25, 0.3) is 0 Å². The zero-order chi connectivity index (χ0) is 16.3. The van der Waals surface area contributed by atoms with E-state index in [2.05, 4.69) is 31.3 Å². The molecule has 0 aliphatic heterocycles. The van der Waals surface area contributed by atoms with Crippen LogP contribution in [-0.2, 0) is 5.33 Å². The molecular weight excluding hydrogens is 344 g/mol. The van der Waals surface area contributed by atoms with E-state index in [-0.39, 0.29) is 5.91 Å². The van der Waals surface area contributed by atoms with Crippen molar-refractivity contribution >= 4 is 27.7 Å². The highest BCUT2D eigenvalue weighted by atomic mass is 79.9. The van der Waals surface area contributed by atoms with Gasteiger partial charge in [-0.25, -0.2) is 9.97 Å². The molecular formula is C16H19BrN4O. The zero-order valence-corrected chi connectivity index (χ0v) is 14.7. The first-order valence-corrected chi connectivity index (χ1v) is 8.05. The normalized spacial score (nSPS) is 10.4. The molecule has 0 aliphatic rings. The molecule has 2 rings (SSSR count). The number of carbonyl (C=O) groups is 1. The SMILES string of the molecule is Cc1ncc(CBr)c(N(C)NC(=O)c2c(C)cccc2C)n1. The molecule has 0 fully saturated rings. The Hall–Kier alpha value is -1.95. The number of aryl methyl sites for hydroxylation is 3. The summed E-state index contributed by atoms with van der Waals surface area (Å²) in [5.74, 6) is 1.20. The van der Waals surface area contributed by atoms with Crippen molar-refractivity contribution in [2.75, 3.05) is 12.1 Å². The molecule has 2 aromatic rings. The minimum Gasteiger partial charge on any atom is -0.271 e. The molecule has 1 aromatic carbocycles. The fourth-order valence-electron chi connectivity index (χ4n) is 2.30. The lowest BCUT2D eigenvalue weighted by Gasteiger charge is -2.22. The number of aromatic nitrogens is 2. The lowest BCUT2D eigenvalue weighted by atomic mass is 10.0. The van der Waals surface area contributed by atoms with Crippen LogP contribution in [0.5, 0.6) is 0 Å². The molecule has 6 heteroatoms. The van der Waals surface area contributed by atoms with Crippen LogP contribution in [0.1, 0.15) is 32.9 Å². The van der Waals surface area contributed by atoms with Gasteiger partial charge < -0.3 is 0 Å². The molecule has 5 nitrogen and oxygen atoms in total. The van der Waals surface area contributed by atoms with Crippen LogP contribution < -0.4 is 10.4 Å².